The average Bonchev–Trinajstić information content (AvgIpc) is 2.32. The number of nitrogens with two attached hydrogens (primary N) is 1. The van der Waals surface area contributed by atoms with Gasteiger partial charge in [-0.05, 0) is 26.0 Å². The van der Waals surface area contributed by atoms with E-state index in [1.807, 2.05) is 38.1 Å². The van der Waals surface area contributed by atoms with Crippen molar-refractivity contribution >= 4 is 5.69 Å². The first kappa shape index (κ1) is 13.8. The molecule has 0 saturated heterocycles. The SMILES string of the molecule is CCOC(CCOc1ccccc1N)OCC. The molecule has 0 unspecified atom stereocenters. The third kappa shape index (κ3) is 5.06. The maximum atomic E-state index is 5.77. The van der Waals surface area contributed by atoms with Crippen molar-refractivity contribution in [1.29, 1.82) is 0 Å². The van der Waals surface area contributed by atoms with Gasteiger partial charge >= 0.3 is 0 Å². The highest BCUT2D eigenvalue weighted by molar-refractivity contribution is 5.51. The Morgan fingerprint density at radius 1 is 1.12 bits per heavy atom. The van der Waals surface area contributed by atoms with E-state index in [9.17, 15) is 0 Å². The van der Waals surface area contributed by atoms with Crippen molar-refractivity contribution in [2.45, 2.75) is 26.6 Å². The fraction of sp³-hybridized carbons (Fsp3) is 0.538. The summed E-state index contributed by atoms with van der Waals surface area (Å²) in [5.74, 6) is 0.708. The molecule has 17 heavy (non-hydrogen) atoms. The number of benzene rings is 1. The minimum Gasteiger partial charge on any atom is -0.491 e. The Kier molecular flexibility index (Phi) is 6.43. The van der Waals surface area contributed by atoms with E-state index in [1.54, 1.807) is 0 Å². The smallest absolute Gasteiger partial charge is 0.160 e. The van der Waals surface area contributed by atoms with Gasteiger partial charge in [0, 0.05) is 19.6 Å². The van der Waals surface area contributed by atoms with E-state index in [4.69, 9.17) is 19.9 Å². The summed E-state index contributed by atoms with van der Waals surface area (Å²) >= 11 is 0. The van der Waals surface area contributed by atoms with Crippen LogP contribution in [-0.4, -0.2) is 26.1 Å². The topological polar surface area (TPSA) is 53.7 Å². The molecule has 0 saturated carbocycles. The number of nitrogen functional groups attached to an aromatic ring is 1. The Labute approximate surface area is 103 Å². The molecule has 96 valence electrons. The first-order valence-corrected chi connectivity index (χ1v) is 5.98. The zero-order chi connectivity index (χ0) is 12.5. The largest absolute Gasteiger partial charge is 0.491 e. The number of para-hydroxylation sites is 2. The van der Waals surface area contributed by atoms with Crippen LogP contribution in [0, 0.1) is 0 Å². The highest BCUT2D eigenvalue weighted by atomic mass is 16.7. The van der Waals surface area contributed by atoms with Crippen LogP contribution in [0.4, 0.5) is 5.69 Å². The molecule has 1 aromatic rings. The Bertz CT molecular complexity index is 311. The third-order valence-corrected chi connectivity index (χ3v) is 2.24. The fourth-order valence-electron chi connectivity index (χ4n) is 1.46. The second kappa shape index (κ2) is 7.92. The lowest BCUT2D eigenvalue weighted by Crippen LogP contribution is -2.20. The van der Waals surface area contributed by atoms with Crippen LogP contribution in [0.25, 0.3) is 0 Å². The van der Waals surface area contributed by atoms with E-state index in [1.165, 1.54) is 0 Å². The molecule has 4 nitrogen and oxygen atoms in total. The molecular weight excluding hydrogens is 218 g/mol. The summed E-state index contributed by atoms with van der Waals surface area (Å²) < 4.78 is 16.4. The van der Waals surface area contributed by atoms with Crippen LogP contribution in [0.3, 0.4) is 0 Å². The van der Waals surface area contributed by atoms with Crippen molar-refractivity contribution in [2.75, 3.05) is 25.6 Å². The molecule has 0 fully saturated rings. The number of anilines is 1. The van der Waals surface area contributed by atoms with Crippen molar-refractivity contribution in [3.05, 3.63) is 24.3 Å². The molecular formula is C13H21NO3. The molecule has 0 heterocycles. The Balaban J connectivity index is 2.33. The minimum absolute atomic E-state index is 0.199. The van der Waals surface area contributed by atoms with Crippen LogP contribution in [0.15, 0.2) is 24.3 Å². The molecule has 0 aliphatic heterocycles. The Morgan fingerprint density at radius 2 is 1.76 bits per heavy atom. The normalized spacial score (nSPS) is 10.8. The lowest BCUT2D eigenvalue weighted by atomic mass is 10.3. The molecule has 0 aliphatic carbocycles. The van der Waals surface area contributed by atoms with Gasteiger partial charge in [-0.15, -0.1) is 0 Å². The standard InChI is InChI=1S/C13H21NO3/c1-3-15-13(16-4-2)9-10-17-12-8-6-5-7-11(12)14/h5-8,13H,3-4,9-10,14H2,1-2H3. The quantitative estimate of drug-likeness (QED) is 0.559. The molecule has 0 amide bonds. The number of hydrogen-bond acceptors (Lipinski definition) is 4. The lowest BCUT2D eigenvalue weighted by Gasteiger charge is -2.17. The predicted molar refractivity (Wildman–Crippen MR) is 68.0 cm³/mol. The van der Waals surface area contributed by atoms with Crippen molar-refractivity contribution < 1.29 is 14.2 Å². The first-order chi connectivity index (χ1) is 8.27. The van der Waals surface area contributed by atoms with E-state index in [0.717, 1.165) is 0 Å². The van der Waals surface area contributed by atoms with Crippen LogP contribution in [0.2, 0.25) is 0 Å². The second-order valence-corrected chi connectivity index (χ2v) is 3.52. The molecule has 0 spiro atoms. The predicted octanol–water partition coefficient (Wildman–Crippen LogP) is 2.44. The van der Waals surface area contributed by atoms with Crippen LogP contribution in [-0.2, 0) is 9.47 Å². The maximum absolute atomic E-state index is 5.77. The molecule has 0 atom stereocenters. The van der Waals surface area contributed by atoms with Gasteiger partial charge in [-0.3, -0.25) is 0 Å². The van der Waals surface area contributed by atoms with Gasteiger partial charge in [0.1, 0.15) is 5.75 Å². The summed E-state index contributed by atoms with van der Waals surface area (Å²) in [5, 5.41) is 0. The monoisotopic (exact) mass is 239 g/mol. The van der Waals surface area contributed by atoms with E-state index < -0.39 is 0 Å². The summed E-state index contributed by atoms with van der Waals surface area (Å²) in [6, 6.07) is 7.45. The molecule has 0 aromatic heterocycles. The van der Waals surface area contributed by atoms with Crippen molar-refractivity contribution in [3.63, 3.8) is 0 Å². The molecule has 2 N–H and O–H groups in total. The Morgan fingerprint density at radius 3 is 2.35 bits per heavy atom. The molecule has 0 bridgehead atoms. The van der Waals surface area contributed by atoms with Gasteiger partial charge < -0.3 is 19.9 Å². The molecule has 1 aromatic carbocycles. The average molecular weight is 239 g/mol. The van der Waals surface area contributed by atoms with Gasteiger partial charge in [0.2, 0.25) is 0 Å². The van der Waals surface area contributed by atoms with E-state index in [-0.39, 0.29) is 6.29 Å². The van der Waals surface area contributed by atoms with Crippen LogP contribution >= 0.6 is 0 Å². The second-order valence-electron chi connectivity index (χ2n) is 3.52. The minimum atomic E-state index is -0.199. The highest BCUT2D eigenvalue weighted by Crippen LogP contribution is 2.20. The molecule has 0 radical (unpaired) electrons. The van der Waals surface area contributed by atoms with Crippen LogP contribution in [0.1, 0.15) is 20.3 Å². The summed E-state index contributed by atoms with van der Waals surface area (Å²) in [4.78, 5) is 0. The Hall–Kier alpha value is -1.26. The number of rotatable bonds is 8. The van der Waals surface area contributed by atoms with Crippen molar-refractivity contribution in [3.8, 4) is 5.75 Å². The van der Waals surface area contributed by atoms with Crippen LogP contribution in [0.5, 0.6) is 5.75 Å². The van der Waals surface area contributed by atoms with E-state index in [2.05, 4.69) is 0 Å². The summed E-state index contributed by atoms with van der Waals surface area (Å²) in [5.41, 5.74) is 6.42. The zero-order valence-electron chi connectivity index (χ0n) is 10.5. The van der Waals surface area contributed by atoms with E-state index >= 15 is 0 Å². The van der Waals surface area contributed by atoms with Gasteiger partial charge in [0.05, 0.1) is 12.3 Å². The van der Waals surface area contributed by atoms with Gasteiger partial charge in [0.15, 0.2) is 6.29 Å². The molecule has 1 rings (SSSR count). The van der Waals surface area contributed by atoms with E-state index in [0.29, 0.717) is 37.7 Å². The fourth-order valence-corrected chi connectivity index (χ4v) is 1.46. The third-order valence-electron chi connectivity index (χ3n) is 2.24. The summed E-state index contributed by atoms with van der Waals surface area (Å²) in [6.07, 6.45) is 0.491. The summed E-state index contributed by atoms with van der Waals surface area (Å²) in [6.45, 7) is 5.69. The van der Waals surface area contributed by atoms with Gasteiger partial charge in [-0.2, -0.15) is 0 Å². The summed E-state index contributed by atoms with van der Waals surface area (Å²) in [7, 11) is 0. The van der Waals surface area contributed by atoms with Crippen molar-refractivity contribution in [1.82, 2.24) is 0 Å². The lowest BCUT2D eigenvalue weighted by molar-refractivity contribution is -0.142. The van der Waals surface area contributed by atoms with Gasteiger partial charge in [-0.1, -0.05) is 12.1 Å². The van der Waals surface area contributed by atoms with Crippen molar-refractivity contribution in [2.24, 2.45) is 0 Å². The van der Waals surface area contributed by atoms with Gasteiger partial charge in [0.25, 0.3) is 0 Å². The van der Waals surface area contributed by atoms with Gasteiger partial charge in [-0.25, -0.2) is 0 Å². The van der Waals surface area contributed by atoms with Crippen LogP contribution < -0.4 is 10.5 Å². The highest BCUT2D eigenvalue weighted by Gasteiger charge is 2.08. The number of ether oxygens (including phenoxy) is 3. The molecule has 4 heteroatoms. The zero-order valence-corrected chi connectivity index (χ0v) is 10.5. The number of hydrogen-bond donors (Lipinski definition) is 1. The molecule has 0 aliphatic rings. The maximum Gasteiger partial charge on any atom is 0.160 e. The first-order valence-electron chi connectivity index (χ1n) is 5.98.